The lowest BCUT2D eigenvalue weighted by atomic mass is 10.1. The molecule has 0 saturated heterocycles. The summed E-state index contributed by atoms with van der Waals surface area (Å²) >= 11 is 0. The lowest BCUT2D eigenvalue weighted by molar-refractivity contribution is 0.555. The second-order valence-electron chi connectivity index (χ2n) is 3.12. The molecule has 1 atom stereocenters. The smallest absolute Gasteiger partial charge is 0.123 e. The first-order valence-corrected chi connectivity index (χ1v) is 4.61. The molecule has 0 aliphatic rings. The molecule has 0 aliphatic carbocycles. The van der Waals surface area contributed by atoms with Crippen LogP contribution in [0.4, 0.5) is 0 Å². The maximum absolute atomic E-state index is 4.22. The molecule has 1 aromatic heterocycles. The van der Waals surface area contributed by atoms with Crippen LogP contribution in [-0.4, -0.2) is 17.0 Å². The third kappa shape index (κ3) is 2.70. The van der Waals surface area contributed by atoms with Crippen LogP contribution in [0.1, 0.15) is 31.6 Å². The molecule has 0 spiro atoms. The number of H-pyrrole nitrogens is 1. The van der Waals surface area contributed by atoms with Crippen LogP contribution in [0.25, 0.3) is 0 Å². The van der Waals surface area contributed by atoms with Crippen molar-refractivity contribution in [3.8, 4) is 0 Å². The van der Waals surface area contributed by atoms with Crippen LogP contribution >= 0.6 is 0 Å². The van der Waals surface area contributed by atoms with Crippen LogP contribution in [-0.2, 0) is 0 Å². The minimum atomic E-state index is 0.266. The van der Waals surface area contributed by atoms with Gasteiger partial charge in [-0.2, -0.15) is 0 Å². The minimum absolute atomic E-state index is 0.266. The van der Waals surface area contributed by atoms with Crippen molar-refractivity contribution in [3.63, 3.8) is 0 Å². The normalized spacial score (nSPS) is 12.8. The highest BCUT2D eigenvalue weighted by Gasteiger charge is 2.11. The number of aromatic nitrogens is 2. The van der Waals surface area contributed by atoms with Gasteiger partial charge in [-0.05, 0) is 19.9 Å². The molecule has 1 rings (SSSR count). The highest BCUT2D eigenvalue weighted by molar-refractivity contribution is 5.04. The molecule has 72 valence electrons. The molecule has 1 heterocycles. The standard InChI is InChI=1S/C10H17N3/c1-4-8(2)7-9(11-3)10-12-5-6-13-10/h5-6,9,11H,2,4,7H2,1,3H3,(H,12,13). The van der Waals surface area contributed by atoms with Gasteiger partial charge < -0.3 is 10.3 Å². The molecule has 0 aliphatic heterocycles. The number of nitrogens with one attached hydrogen (secondary N) is 2. The van der Waals surface area contributed by atoms with Crippen LogP contribution in [0.3, 0.4) is 0 Å². The van der Waals surface area contributed by atoms with E-state index in [1.54, 1.807) is 6.20 Å². The first kappa shape index (κ1) is 9.99. The van der Waals surface area contributed by atoms with Crippen LogP contribution in [0.15, 0.2) is 24.5 Å². The van der Waals surface area contributed by atoms with Gasteiger partial charge in [-0.15, -0.1) is 0 Å². The summed E-state index contributed by atoms with van der Waals surface area (Å²) in [7, 11) is 1.94. The molecule has 0 aromatic carbocycles. The monoisotopic (exact) mass is 179 g/mol. The summed E-state index contributed by atoms with van der Waals surface area (Å²) in [6.45, 7) is 6.11. The molecule has 0 saturated carbocycles. The van der Waals surface area contributed by atoms with Crippen LogP contribution in [0.5, 0.6) is 0 Å². The van der Waals surface area contributed by atoms with Crippen LogP contribution in [0.2, 0.25) is 0 Å². The van der Waals surface area contributed by atoms with Gasteiger partial charge in [0.2, 0.25) is 0 Å². The second-order valence-corrected chi connectivity index (χ2v) is 3.12. The maximum Gasteiger partial charge on any atom is 0.123 e. The fourth-order valence-electron chi connectivity index (χ4n) is 1.24. The van der Waals surface area contributed by atoms with Gasteiger partial charge in [0.05, 0.1) is 6.04 Å². The number of imidazole rings is 1. The SMILES string of the molecule is C=C(CC)CC(NC)c1ncc[nH]1. The number of hydrogen-bond acceptors (Lipinski definition) is 2. The van der Waals surface area contributed by atoms with E-state index in [0.717, 1.165) is 18.7 Å². The molecule has 0 amide bonds. The van der Waals surface area contributed by atoms with Crippen molar-refractivity contribution in [3.05, 3.63) is 30.4 Å². The largest absolute Gasteiger partial charge is 0.347 e. The Hall–Kier alpha value is -1.09. The molecule has 0 fully saturated rings. The number of hydrogen-bond donors (Lipinski definition) is 2. The fourth-order valence-corrected chi connectivity index (χ4v) is 1.24. The van der Waals surface area contributed by atoms with E-state index in [9.17, 15) is 0 Å². The van der Waals surface area contributed by atoms with E-state index in [0.29, 0.717) is 0 Å². The molecule has 13 heavy (non-hydrogen) atoms. The Balaban J connectivity index is 2.58. The Kier molecular flexibility index (Phi) is 3.71. The minimum Gasteiger partial charge on any atom is -0.347 e. The number of nitrogens with zero attached hydrogens (tertiary/aromatic N) is 1. The molecule has 1 aromatic rings. The van der Waals surface area contributed by atoms with Crippen molar-refractivity contribution in [2.24, 2.45) is 0 Å². The predicted molar refractivity (Wildman–Crippen MR) is 54.4 cm³/mol. The Morgan fingerprint density at radius 1 is 1.77 bits per heavy atom. The molecule has 0 radical (unpaired) electrons. The van der Waals surface area contributed by atoms with Gasteiger partial charge in [-0.1, -0.05) is 19.1 Å². The maximum atomic E-state index is 4.22. The van der Waals surface area contributed by atoms with Gasteiger partial charge in [0.15, 0.2) is 0 Å². The second kappa shape index (κ2) is 4.82. The van der Waals surface area contributed by atoms with Crippen molar-refractivity contribution in [1.82, 2.24) is 15.3 Å². The Bertz CT molecular complexity index is 251. The Morgan fingerprint density at radius 3 is 3.00 bits per heavy atom. The molecule has 3 heteroatoms. The summed E-state index contributed by atoms with van der Waals surface area (Å²) < 4.78 is 0. The van der Waals surface area contributed by atoms with Crippen LogP contribution < -0.4 is 5.32 Å². The number of rotatable bonds is 5. The average molecular weight is 179 g/mol. The van der Waals surface area contributed by atoms with E-state index >= 15 is 0 Å². The zero-order valence-electron chi connectivity index (χ0n) is 8.30. The van der Waals surface area contributed by atoms with Gasteiger partial charge in [-0.25, -0.2) is 4.98 Å². The number of aromatic amines is 1. The average Bonchev–Trinajstić information content (AvgIpc) is 2.66. The van der Waals surface area contributed by atoms with Crippen molar-refractivity contribution in [2.75, 3.05) is 7.05 Å². The Labute approximate surface area is 79.3 Å². The zero-order valence-corrected chi connectivity index (χ0v) is 8.30. The molecule has 3 nitrogen and oxygen atoms in total. The van der Waals surface area contributed by atoms with Crippen molar-refractivity contribution in [2.45, 2.75) is 25.8 Å². The van der Waals surface area contributed by atoms with E-state index in [4.69, 9.17) is 0 Å². The summed E-state index contributed by atoms with van der Waals surface area (Å²) in [4.78, 5) is 7.32. The van der Waals surface area contributed by atoms with Crippen molar-refractivity contribution < 1.29 is 0 Å². The van der Waals surface area contributed by atoms with E-state index in [1.807, 2.05) is 13.2 Å². The first-order valence-electron chi connectivity index (χ1n) is 4.61. The molecular weight excluding hydrogens is 162 g/mol. The third-order valence-corrected chi connectivity index (χ3v) is 2.19. The topological polar surface area (TPSA) is 40.7 Å². The quantitative estimate of drug-likeness (QED) is 0.679. The highest BCUT2D eigenvalue weighted by atomic mass is 15.0. The lowest BCUT2D eigenvalue weighted by Gasteiger charge is -2.14. The van der Waals surface area contributed by atoms with Gasteiger partial charge in [0, 0.05) is 12.4 Å². The third-order valence-electron chi connectivity index (χ3n) is 2.19. The highest BCUT2D eigenvalue weighted by Crippen LogP contribution is 2.17. The summed E-state index contributed by atoms with van der Waals surface area (Å²) in [5.74, 6) is 0.983. The predicted octanol–water partition coefficient (Wildman–Crippen LogP) is 2.03. The van der Waals surface area contributed by atoms with E-state index in [2.05, 4.69) is 28.8 Å². The van der Waals surface area contributed by atoms with E-state index < -0.39 is 0 Å². The van der Waals surface area contributed by atoms with Crippen LogP contribution in [0, 0.1) is 0 Å². The summed E-state index contributed by atoms with van der Waals surface area (Å²) in [5, 5.41) is 3.22. The molecule has 2 N–H and O–H groups in total. The van der Waals surface area contributed by atoms with Gasteiger partial charge in [-0.3, -0.25) is 0 Å². The lowest BCUT2D eigenvalue weighted by Crippen LogP contribution is -2.18. The zero-order chi connectivity index (χ0) is 9.68. The van der Waals surface area contributed by atoms with E-state index in [-0.39, 0.29) is 6.04 Å². The summed E-state index contributed by atoms with van der Waals surface area (Å²) in [6, 6.07) is 0.266. The first-order chi connectivity index (χ1) is 6.27. The van der Waals surface area contributed by atoms with E-state index in [1.165, 1.54) is 5.57 Å². The summed E-state index contributed by atoms with van der Waals surface area (Å²) in [5.41, 5.74) is 1.25. The molecule has 0 bridgehead atoms. The van der Waals surface area contributed by atoms with Gasteiger partial charge in [0.25, 0.3) is 0 Å². The molecular formula is C10H17N3. The Morgan fingerprint density at radius 2 is 2.54 bits per heavy atom. The van der Waals surface area contributed by atoms with Crippen molar-refractivity contribution >= 4 is 0 Å². The summed E-state index contributed by atoms with van der Waals surface area (Å²) in [6.07, 6.45) is 5.59. The van der Waals surface area contributed by atoms with Gasteiger partial charge in [0.1, 0.15) is 5.82 Å². The van der Waals surface area contributed by atoms with Gasteiger partial charge >= 0.3 is 0 Å². The van der Waals surface area contributed by atoms with Crippen molar-refractivity contribution in [1.29, 1.82) is 0 Å². The fraction of sp³-hybridized carbons (Fsp3) is 0.500. The molecule has 1 unspecified atom stereocenters.